The summed E-state index contributed by atoms with van der Waals surface area (Å²) in [6.07, 6.45) is -3.32. The first-order chi connectivity index (χ1) is 15.7. The normalized spacial score (nSPS) is 29.8. The fraction of sp³-hybridized carbons (Fsp3) is 0.526. The minimum Gasteiger partial charge on any atom is -0.457 e. The maximum Gasteiger partial charge on any atom is 0.318 e. The van der Waals surface area contributed by atoms with Crippen molar-refractivity contribution in [3.63, 3.8) is 0 Å². The third-order valence-corrected chi connectivity index (χ3v) is 6.92. The predicted molar refractivity (Wildman–Crippen MR) is 98.7 cm³/mol. The molecule has 1 amide bonds. The standard InChI is InChI=1S/C19H17F4NO9S/c1-4(2)24-12-13-6(18(24)26)7(14(32-13)16(12)31-5(3)25)19(27)33-15-8(20)10(22)17(34(28,29)30)11(23)9(15)21/h4,6-7,12-14,16H,1-3H3,(H,28,29,30). The highest BCUT2D eigenvalue weighted by Crippen LogP contribution is 2.53. The average Bonchev–Trinajstić information content (AvgIpc) is 3.31. The van der Waals surface area contributed by atoms with E-state index in [2.05, 4.69) is 4.74 Å². The van der Waals surface area contributed by atoms with E-state index in [-0.39, 0.29) is 0 Å². The van der Waals surface area contributed by atoms with Crippen molar-refractivity contribution >= 4 is 28.0 Å². The number of amides is 1. The molecule has 0 spiro atoms. The van der Waals surface area contributed by atoms with E-state index in [1.54, 1.807) is 13.8 Å². The Hall–Kier alpha value is -2.78. The molecule has 1 aromatic rings. The molecule has 4 rings (SSSR count). The lowest BCUT2D eigenvalue weighted by molar-refractivity contribution is -0.156. The number of likely N-dealkylation sites (tertiary alicyclic amines) is 1. The number of benzene rings is 1. The van der Waals surface area contributed by atoms with Gasteiger partial charge in [0.2, 0.25) is 23.3 Å². The first kappa shape index (κ1) is 24.3. The van der Waals surface area contributed by atoms with Crippen LogP contribution in [0.2, 0.25) is 0 Å². The van der Waals surface area contributed by atoms with Gasteiger partial charge >= 0.3 is 22.1 Å². The Bertz CT molecular complexity index is 1190. The van der Waals surface area contributed by atoms with Crippen molar-refractivity contribution in [3.05, 3.63) is 23.3 Å². The van der Waals surface area contributed by atoms with Crippen LogP contribution in [-0.4, -0.2) is 66.1 Å². The Morgan fingerprint density at radius 1 is 1.06 bits per heavy atom. The molecule has 3 heterocycles. The van der Waals surface area contributed by atoms with Gasteiger partial charge in [-0.1, -0.05) is 0 Å². The second kappa shape index (κ2) is 7.88. The van der Waals surface area contributed by atoms with Gasteiger partial charge in [-0.2, -0.15) is 17.2 Å². The van der Waals surface area contributed by atoms with Crippen LogP contribution in [-0.2, 0) is 34.0 Å². The number of hydrogen-bond donors (Lipinski definition) is 1. The molecule has 10 nitrogen and oxygen atoms in total. The highest BCUT2D eigenvalue weighted by atomic mass is 32.2. The molecule has 186 valence electrons. The number of esters is 2. The van der Waals surface area contributed by atoms with Crippen molar-refractivity contribution in [2.75, 3.05) is 0 Å². The summed E-state index contributed by atoms with van der Waals surface area (Å²) in [5.41, 5.74) is 0. The summed E-state index contributed by atoms with van der Waals surface area (Å²) in [5.74, 6) is -17.4. The zero-order valence-electron chi connectivity index (χ0n) is 17.6. The quantitative estimate of drug-likeness (QED) is 0.202. The lowest BCUT2D eigenvalue weighted by Gasteiger charge is -2.32. The zero-order valence-corrected chi connectivity index (χ0v) is 18.4. The maximum atomic E-state index is 14.3. The predicted octanol–water partition coefficient (Wildman–Crippen LogP) is 0.959. The van der Waals surface area contributed by atoms with E-state index in [4.69, 9.17) is 14.0 Å². The molecule has 34 heavy (non-hydrogen) atoms. The van der Waals surface area contributed by atoms with Crippen LogP contribution in [0.25, 0.3) is 0 Å². The van der Waals surface area contributed by atoms with E-state index < -0.39 is 104 Å². The van der Waals surface area contributed by atoms with Gasteiger partial charge in [0.15, 0.2) is 22.6 Å². The van der Waals surface area contributed by atoms with Crippen LogP contribution in [0.15, 0.2) is 4.90 Å². The van der Waals surface area contributed by atoms with Crippen molar-refractivity contribution in [1.29, 1.82) is 0 Å². The minimum atomic E-state index is -5.71. The van der Waals surface area contributed by atoms with Gasteiger partial charge in [0.1, 0.15) is 12.0 Å². The van der Waals surface area contributed by atoms with Gasteiger partial charge < -0.3 is 19.1 Å². The molecule has 6 atom stereocenters. The number of carbonyl (C=O) groups excluding carboxylic acids is 3. The lowest BCUT2D eigenvalue weighted by atomic mass is 9.78. The van der Waals surface area contributed by atoms with Crippen molar-refractivity contribution in [3.8, 4) is 5.75 Å². The third kappa shape index (κ3) is 3.36. The number of hydrogen-bond acceptors (Lipinski definition) is 8. The summed E-state index contributed by atoms with van der Waals surface area (Å²) in [6, 6.07) is -1.13. The van der Waals surface area contributed by atoms with Crippen molar-refractivity contribution in [2.45, 2.75) is 56.1 Å². The van der Waals surface area contributed by atoms with Crippen LogP contribution in [0.5, 0.6) is 5.75 Å². The van der Waals surface area contributed by atoms with Gasteiger partial charge in [0.05, 0.1) is 18.1 Å². The molecule has 15 heteroatoms. The second-order valence-electron chi connectivity index (χ2n) is 8.33. The van der Waals surface area contributed by atoms with Crippen LogP contribution in [0.4, 0.5) is 17.6 Å². The largest absolute Gasteiger partial charge is 0.457 e. The highest BCUT2D eigenvalue weighted by Gasteiger charge is 2.73. The zero-order chi connectivity index (χ0) is 25.4. The van der Waals surface area contributed by atoms with Gasteiger partial charge in [-0.25, -0.2) is 8.78 Å². The van der Waals surface area contributed by atoms with Gasteiger partial charge in [-0.05, 0) is 13.8 Å². The summed E-state index contributed by atoms with van der Waals surface area (Å²) in [5, 5.41) is 0. The Morgan fingerprint density at radius 2 is 1.62 bits per heavy atom. The summed E-state index contributed by atoms with van der Waals surface area (Å²) >= 11 is 0. The Labute approximate surface area is 189 Å². The first-order valence-corrected chi connectivity index (χ1v) is 11.3. The monoisotopic (exact) mass is 511 g/mol. The molecule has 0 radical (unpaired) electrons. The molecule has 3 saturated heterocycles. The summed E-state index contributed by atoms with van der Waals surface area (Å²) in [6.45, 7) is 4.42. The second-order valence-corrected chi connectivity index (χ2v) is 9.69. The molecule has 6 unspecified atom stereocenters. The molecule has 3 fully saturated rings. The molecule has 0 aliphatic carbocycles. The third-order valence-electron chi connectivity index (χ3n) is 6.04. The number of ether oxygens (including phenoxy) is 3. The Kier molecular flexibility index (Phi) is 5.64. The number of rotatable bonds is 5. The van der Waals surface area contributed by atoms with Crippen molar-refractivity contribution in [1.82, 2.24) is 4.90 Å². The Morgan fingerprint density at radius 3 is 2.09 bits per heavy atom. The average molecular weight is 511 g/mol. The Balaban J connectivity index is 1.73. The van der Waals surface area contributed by atoms with Crippen LogP contribution in [0, 0.1) is 35.1 Å². The SMILES string of the molecule is CC(=O)OC1C2OC3C(C(=O)N(C(C)C)C13)C2C(=O)Oc1c(F)c(F)c(S(=O)(=O)O)c(F)c1F. The summed E-state index contributed by atoms with van der Waals surface area (Å²) in [4.78, 5) is 36.6. The van der Waals surface area contributed by atoms with Crippen molar-refractivity contribution in [2.24, 2.45) is 11.8 Å². The van der Waals surface area contributed by atoms with Crippen LogP contribution in [0.1, 0.15) is 20.8 Å². The van der Waals surface area contributed by atoms with Gasteiger partial charge in [-0.15, -0.1) is 0 Å². The number of fused-ring (bicyclic) bond motifs is 1. The summed E-state index contributed by atoms with van der Waals surface area (Å²) < 4.78 is 103. The molecule has 1 aromatic carbocycles. The van der Waals surface area contributed by atoms with Gasteiger partial charge in [0, 0.05) is 13.0 Å². The molecule has 0 saturated carbocycles. The fourth-order valence-corrected chi connectivity index (χ4v) is 5.56. The molecule has 2 bridgehead atoms. The molecule has 3 aliphatic heterocycles. The lowest BCUT2D eigenvalue weighted by Crippen LogP contribution is -2.51. The van der Waals surface area contributed by atoms with Crippen molar-refractivity contribution < 1.29 is 59.1 Å². The molecule has 3 aliphatic rings. The number of carbonyl (C=O) groups is 3. The summed E-state index contributed by atoms with van der Waals surface area (Å²) in [7, 11) is -5.71. The van der Waals surface area contributed by atoms with E-state index >= 15 is 0 Å². The van der Waals surface area contributed by atoms with E-state index in [0.717, 1.165) is 6.92 Å². The van der Waals surface area contributed by atoms with Gasteiger partial charge in [-0.3, -0.25) is 18.9 Å². The van der Waals surface area contributed by atoms with E-state index in [1.165, 1.54) is 4.90 Å². The minimum absolute atomic E-state index is 0.397. The van der Waals surface area contributed by atoms with E-state index in [9.17, 15) is 40.4 Å². The smallest absolute Gasteiger partial charge is 0.318 e. The number of nitrogens with zero attached hydrogens (tertiary/aromatic N) is 1. The molecule has 1 N–H and O–H groups in total. The topological polar surface area (TPSA) is 137 Å². The molecule has 0 aromatic heterocycles. The first-order valence-electron chi connectivity index (χ1n) is 9.88. The van der Waals surface area contributed by atoms with Crippen LogP contribution in [0.3, 0.4) is 0 Å². The van der Waals surface area contributed by atoms with Crippen LogP contribution < -0.4 is 4.74 Å². The van der Waals surface area contributed by atoms with E-state index in [1.807, 2.05) is 0 Å². The molecular formula is C19H17F4NO9S. The fourth-order valence-electron chi connectivity index (χ4n) is 4.93. The molecular weight excluding hydrogens is 494 g/mol. The highest BCUT2D eigenvalue weighted by molar-refractivity contribution is 7.85. The maximum absolute atomic E-state index is 14.3. The van der Waals surface area contributed by atoms with E-state index in [0.29, 0.717) is 0 Å². The van der Waals surface area contributed by atoms with Crippen LogP contribution >= 0.6 is 0 Å². The number of halogens is 4. The van der Waals surface area contributed by atoms with Gasteiger partial charge in [0.25, 0.3) is 0 Å².